The third-order valence-electron chi connectivity index (χ3n) is 5.54. The van der Waals surface area contributed by atoms with E-state index in [0.29, 0.717) is 12.6 Å². The van der Waals surface area contributed by atoms with Gasteiger partial charge in [0, 0.05) is 29.2 Å². The molecule has 2 aromatic carbocycles. The van der Waals surface area contributed by atoms with Gasteiger partial charge in [-0.2, -0.15) is 0 Å². The zero-order chi connectivity index (χ0) is 17.9. The average molecular weight is 492 g/mol. The summed E-state index contributed by atoms with van der Waals surface area (Å²) < 4.78 is 20.1. The Morgan fingerprint density at radius 3 is 2.43 bits per heavy atom. The summed E-state index contributed by atoms with van der Waals surface area (Å²) in [6.45, 7) is 4.91. The third-order valence-corrected chi connectivity index (χ3v) is 6.03. The van der Waals surface area contributed by atoms with Gasteiger partial charge in [-0.1, -0.05) is 28.1 Å². The molecular formula is C21H26BrCl2FN2O. The Labute approximate surface area is 187 Å². The molecule has 1 atom stereocenters. The lowest BCUT2D eigenvalue weighted by Crippen LogP contribution is -2.55. The normalized spacial score (nSPS) is 22.9. The highest BCUT2D eigenvalue weighted by Gasteiger charge is 2.33. The molecule has 1 N–H and O–H groups in total. The van der Waals surface area contributed by atoms with Crippen molar-refractivity contribution < 1.29 is 9.13 Å². The summed E-state index contributed by atoms with van der Waals surface area (Å²) in [6, 6.07) is 13.2. The molecule has 3 heterocycles. The zero-order valence-corrected chi connectivity index (χ0v) is 18.8. The zero-order valence-electron chi connectivity index (χ0n) is 15.6. The number of nitrogens with zero attached hydrogens (tertiary/aromatic N) is 1. The van der Waals surface area contributed by atoms with Gasteiger partial charge in [-0.15, -0.1) is 24.8 Å². The van der Waals surface area contributed by atoms with Gasteiger partial charge in [0.15, 0.2) is 0 Å². The summed E-state index contributed by atoms with van der Waals surface area (Å²) in [4.78, 5) is 2.56. The molecule has 0 spiro atoms. The fourth-order valence-electron chi connectivity index (χ4n) is 4.01. The van der Waals surface area contributed by atoms with Gasteiger partial charge in [0.1, 0.15) is 18.2 Å². The van der Waals surface area contributed by atoms with Gasteiger partial charge >= 0.3 is 0 Å². The van der Waals surface area contributed by atoms with Gasteiger partial charge in [-0.05, 0) is 67.7 Å². The molecule has 0 saturated carbocycles. The maximum atomic E-state index is 13.0. The smallest absolute Gasteiger partial charge is 0.124 e. The highest BCUT2D eigenvalue weighted by molar-refractivity contribution is 9.10. The summed E-state index contributed by atoms with van der Waals surface area (Å²) in [5.74, 6) is 1.46. The Kier molecular flexibility index (Phi) is 9.03. The van der Waals surface area contributed by atoms with Crippen molar-refractivity contribution in [1.82, 2.24) is 10.2 Å². The number of nitrogens with one attached hydrogen (secondary N) is 1. The molecule has 0 aliphatic carbocycles. The van der Waals surface area contributed by atoms with Crippen LogP contribution < -0.4 is 10.1 Å². The van der Waals surface area contributed by atoms with Crippen LogP contribution in [0.15, 0.2) is 46.9 Å². The van der Waals surface area contributed by atoms with Crippen LogP contribution in [0.25, 0.3) is 0 Å². The summed E-state index contributed by atoms with van der Waals surface area (Å²) >= 11 is 3.57. The maximum Gasteiger partial charge on any atom is 0.124 e. The SMILES string of the molecule is Cl.Cl.Fc1ccc(COc2ccc(Br)cc2CNC2CN3CCC2CC3)cc1. The number of rotatable bonds is 6. The van der Waals surface area contributed by atoms with E-state index in [1.807, 2.05) is 12.1 Å². The lowest BCUT2D eigenvalue weighted by molar-refractivity contribution is 0.0718. The van der Waals surface area contributed by atoms with Crippen LogP contribution in [0.3, 0.4) is 0 Å². The monoisotopic (exact) mass is 490 g/mol. The molecule has 0 radical (unpaired) electrons. The van der Waals surface area contributed by atoms with Crippen molar-refractivity contribution in [3.63, 3.8) is 0 Å². The highest BCUT2D eigenvalue weighted by Crippen LogP contribution is 2.29. The predicted molar refractivity (Wildman–Crippen MR) is 119 cm³/mol. The van der Waals surface area contributed by atoms with Crippen molar-refractivity contribution in [2.45, 2.75) is 32.0 Å². The minimum Gasteiger partial charge on any atom is -0.489 e. The second-order valence-electron chi connectivity index (χ2n) is 7.29. The van der Waals surface area contributed by atoms with E-state index in [-0.39, 0.29) is 30.6 Å². The first-order chi connectivity index (χ1) is 12.7. The molecule has 5 rings (SSSR count). The van der Waals surface area contributed by atoms with Crippen molar-refractivity contribution >= 4 is 40.7 Å². The first-order valence-corrected chi connectivity index (χ1v) is 10.1. The number of piperidine rings is 3. The molecule has 7 heteroatoms. The number of hydrogen-bond donors (Lipinski definition) is 1. The van der Waals surface area contributed by atoms with E-state index in [1.54, 1.807) is 12.1 Å². The van der Waals surface area contributed by atoms with Crippen molar-refractivity contribution in [3.8, 4) is 5.75 Å². The predicted octanol–water partition coefficient (Wildman–Crippen LogP) is 5.19. The van der Waals surface area contributed by atoms with Crippen molar-refractivity contribution in [1.29, 1.82) is 0 Å². The van der Waals surface area contributed by atoms with E-state index in [9.17, 15) is 4.39 Å². The van der Waals surface area contributed by atoms with Crippen molar-refractivity contribution in [2.24, 2.45) is 5.92 Å². The van der Waals surface area contributed by atoms with Gasteiger partial charge in [0.05, 0.1) is 0 Å². The summed E-state index contributed by atoms with van der Waals surface area (Å²) in [5.41, 5.74) is 2.11. The fourth-order valence-corrected chi connectivity index (χ4v) is 4.41. The van der Waals surface area contributed by atoms with Crippen LogP contribution in [0.5, 0.6) is 5.75 Å². The van der Waals surface area contributed by atoms with Gasteiger partial charge in [0.25, 0.3) is 0 Å². The second-order valence-corrected chi connectivity index (χ2v) is 8.21. The second kappa shape index (κ2) is 10.8. The van der Waals surface area contributed by atoms with Crippen LogP contribution >= 0.6 is 40.7 Å². The molecule has 2 aromatic rings. The van der Waals surface area contributed by atoms with Gasteiger partial charge < -0.3 is 15.0 Å². The molecule has 0 amide bonds. The number of halogens is 4. The Hall–Kier alpha value is -0.850. The van der Waals surface area contributed by atoms with E-state index < -0.39 is 0 Å². The van der Waals surface area contributed by atoms with Crippen molar-refractivity contribution in [2.75, 3.05) is 19.6 Å². The molecule has 2 bridgehead atoms. The quantitative estimate of drug-likeness (QED) is 0.601. The summed E-state index contributed by atoms with van der Waals surface area (Å²) in [5, 5.41) is 3.75. The minimum atomic E-state index is -0.222. The summed E-state index contributed by atoms with van der Waals surface area (Å²) in [7, 11) is 0. The Balaban J connectivity index is 0.00000140. The number of hydrogen-bond acceptors (Lipinski definition) is 3. The topological polar surface area (TPSA) is 24.5 Å². The van der Waals surface area contributed by atoms with E-state index in [4.69, 9.17) is 4.74 Å². The Bertz CT molecular complexity index is 755. The standard InChI is InChI=1S/C21H24BrFN2O.2ClH/c22-18-3-6-21(26-14-15-1-4-19(23)5-2-15)17(11-18)12-24-20-13-25-9-7-16(20)8-10-25;;/h1-6,11,16,20,24H,7-10,12-14H2;2*1H. The lowest BCUT2D eigenvalue weighted by atomic mass is 9.84. The molecule has 3 nitrogen and oxygen atoms in total. The van der Waals surface area contributed by atoms with E-state index >= 15 is 0 Å². The fraction of sp³-hybridized carbons (Fsp3) is 0.429. The largest absolute Gasteiger partial charge is 0.489 e. The molecule has 3 aliphatic rings. The molecule has 3 saturated heterocycles. The van der Waals surface area contributed by atoms with E-state index in [2.05, 4.69) is 32.2 Å². The van der Waals surface area contributed by atoms with Gasteiger partial charge in [-0.3, -0.25) is 0 Å². The Morgan fingerprint density at radius 2 is 1.79 bits per heavy atom. The van der Waals surface area contributed by atoms with E-state index in [1.165, 1.54) is 38.1 Å². The first kappa shape index (κ1) is 23.4. The average Bonchev–Trinajstić information content (AvgIpc) is 2.68. The first-order valence-electron chi connectivity index (χ1n) is 9.29. The van der Waals surface area contributed by atoms with Gasteiger partial charge in [-0.25, -0.2) is 4.39 Å². The number of ether oxygens (including phenoxy) is 1. The third kappa shape index (κ3) is 5.83. The molecule has 0 aromatic heterocycles. The molecule has 154 valence electrons. The molecule has 3 aliphatic heterocycles. The molecular weight excluding hydrogens is 466 g/mol. The van der Waals surface area contributed by atoms with Crippen molar-refractivity contribution in [3.05, 3.63) is 63.9 Å². The molecule has 28 heavy (non-hydrogen) atoms. The maximum absolute atomic E-state index is 13.0. The summed E-state index contributed by atoms with van der Waals surface area (Å²) in [6.07, 6.45) is 2.62. The van der Waals surface area contributed by atoms with Crippen LogP contribution in [-0.4, -0.2) is 30.6 Å². The highest BCUT2D eigenvalue weighted by atomic mass is 79.9. The van der Waals surface area contributed by atoms with E-state index in [0.717, 1.165) is 40.4 Å². The number of fused-ring (bicyclic) bond motifs is 3. The molecule has 1 unspecified atom stereocenters. The minimum absolute atomic E-state index is 0. The number of benzene rings is 2. The van der Waals surface area contributed by atoms with Crippen LogP contribution in [0, 0.1) is 11.7 Å². The van der Waals surface area contributed by atoms with Crippen LogP contribution in [0.4, 0.5) is 4.39 Å². The Morgan fingerprint density at radius 1 is 1.07 bits per heavy atom. The van der Waals surface area contributed by atoms with Crippen LogP contribution in [0.1, 0.15) is 24.0 Å². The molecule has 3 fully saturated rings. The lowest BCUT2D eigenvalue weighted by Gasteiger charge is -2.45. The van der Waals surface area contributed by atoms with Crippen LogP contribution in [-0.2, 0) is 13.2 Å². The van der Waals surface area contributed by atoms with Crippen LogP contribution in [0.2, 0.25) is 0 Å². The van der Waals surface area contributed by atoms with Gasteiger partial charge in [0.2, 0.25) is 0 Å².